The molecule has 0 atom stereocenters. The highest BCUT2D eigenvalue weighted by Gasteiger charge is 2.26. The first-order valence-electron chi connectivity index (χ1n) is 8.24. The predicted octanol–water partition coefficient (Wildman–Crippen LogP) is 3.46. The van der Waals surface area contributed by atoms with Crippen molar-refractivity contribution in [2.45, 2.75) is 47.1 Å². The minimum Gasteiger partial charge on any atom is -0.490 e. The van der Waals surface area contributed by atoms with Crippen LogP contribution in [0.25, 0.3) is 0 Å². The molecule has 0 heterocycles. The highest BCUT2D eigenvalue weighted by atomic mass is 16.5. The van der Waals surface area contributed by atoms with Crippen LogP contribution in [0.5, 0.6) is 11.5 Å². The number of carbonyl (C=O) groups is 1. The zero-order valence-electron chi connectivity index (χ0n) is 14.6. The number of carboxylic acids is 1. The molecule has 0 aliphatic heterocycles. The number of rotatable bonds is 11. The Hall–Kier alpha value is -1.75. The summed E-state index contributed by atoms with van der Waals surface area (Å²) in [6.45, 7) is 9.97. The van der Waals surface area contributed by atoms with Crippen molar-refractivity contribution >= 4 is 5.97 Å². The zero-order chi connectivity index (χ0) is 17.3. The molecule has 130 valence electrons. The number of hydrogen-bond donors (Lipinski definition) is 2. The molecule has 1 aromatic rings. The van der Waals surface area contributed by atoms with Gasteiger partial charge in [0, 0.05) is 12.1 Å². The van der Waals surface area contributed by atoms with Crippen LogP contribution in [0, 0.1) is 5.41 Å². The molecule has 0 aliphatic carbocycles. The number of nitrogens with one attached hydrogen (secondary N) is 1. The van der Waals surface area contributed by atoms with E-state index in [-0.39, 0.29) is 0 Å². The van der Waals surface area contributed by atoms with Gasteiger partial charge in [0.15, 0.2) is 11.5 Å². The number of benzene rings is 1. The van der Waals surface area contributed by atoms with Gasteiger partial charge in [-0.1, -0.05) is 19.1 Å². The Labute approximate surface area is 139 Å². The van der Waals surface area contributed by atoms with Crippen LogP contribution in [0.2, 0.25) is 0 Å². The van der Waals surface area contributed by atoms with E-state index in [2.05, 4.69) is 12.2 Å². The molecule has 0 aromatic heterocycles. The largest absolute Gasteiger partial charge is 0.490 e. The number of carboxylic acid groups (broad SMARTS) is 1. The van der Waals surface area contributed by atoms with Crippen LogP contribution in [0.4, 0.5) is 0 Å². The van der Waals surface area contributed by atoms with E-state index in [1.165, 1.54) is 0 Å². The lowest BCUT2D eigenvalue weighted by Crippen LogP contribution is -2.28. The monoisotopic (exact) mass is 323 g/mol. The quantitative estimate of drug-likeness (QED) is 0.610. The number of aliphatic carboxylic acids is 1. The van der Waals surface area contributed by atoms with Gasteiger partial charge in [-0.3, -0.25) is 4.79 Å². The van der Waals surface area contributed by atoms with Crippen LogP contribution in [-0.4, -0.2) is 30.8 Å². The molecule has 0 bridgehead atoms. The third-order valence-electron chi connectivity index (χ3n) is 3.63. The average molecular weight is 323 g/mol. The van der Waals surface area contributed by atoms with Gasteiger partial charge in [-0.25, -0.2) is 0 Å². The molecule has 0 unspecified atom stereocenters. The fourth-order valence-corrected chi connectivity index (χ4v) is 2.07. The molecule has 0 saturated carbocycles. The van der Waals surface area contributed by atoms with Crippen molar-refractivity contribution in [2.24, 2.45) is 5.41 Å². The maximum atomic E-state index is 11.1. The van der Waals surface area contributed by atoms with Crippen LogP contribution in [0.15, 0.2) is 18.2 Å². The van der Waals surface area contributed by atoms with Crippen molar-refractivity contribution < 1.29 is 19.4 Å². The van der Waals surface area contributed by atoms with E-state index in [4.69, 9.17) is 14.6 Å². The van der Waals surface area contributed by atoms with Gasteiger partial charge in [0.1, 0.15) is 0 Å². The lowest BCUT2D eigenvalue weighted by atomic mass is 9.90. The maximum Gasteiger partial charge on any atom is 0.309 e. The number of hydrogen-bond acceptors (Lipinski definition) is 4. The van der Waals surface area contributed by atoms with E-state index in [0.29, 0.717) is 32.7 Å². The Kier molecular flexibility index (Phi) is 7.89. The fourth-order valence-electron chi connectivity index (χ4n) is 2.07. The number of para-hydroxylation sites is 1. The molecule has 5 heteroatoms. The van der Waals surface area contributed by atoms with E-state index < -0.39 is 11.4 Å². The standard InChI is InChI=1S/C18H29NO4/c1-5-12-23-16-14(8-7-9-15(16)22-6-2)13-19-11-10-18(3,4)17(20)21/h7-9,19H,5-6,10-13H2,1-4H3,(H,20,21). The van der Waals surface area contributed by atoms with Gasteiger partial charge in [-0.05, 0) is 46.2 Å². The smallest absolute Gasteiger partial charge is 0.309 e. The summed E-state index contributed by atoms with van der Waals surface area (Å²) in [4.78, 5) is 11.1. The van der Waals surface area contributed by atoms with Crippen LogP contribution < -0.4 is 14.8 Å². The lowest BCUT2D eigenvalue weighted by molar-refractivity contribution is -0.147. The predicted molar refractivity (Wildman–Crippen MR) is 91.1 cm³/mol. The Bertz CT molecular complexity index is 500. The topological polar surface area (TPSA) is 67.8 Å². The molecule has 0 fully saturated rings. The summed E-state index contributed by atoms with van der Waals surface area (Å²) < 4.78 is 11.5. The summed E-state index contributed by atoms with van der Waals surface area (Å²) >= 11 is 0. The molecular formula is C18H29NO4. The molecule has 2 N–H and O–H groups in total. The Morgan fingerprint density at radius 2 is 2.00 bits per heavy atom. The second kappa shape index (κ2) is 9.40. The molecule has 0 radical (unpaired) electrons. The van der Waals surface area contributed by atoms with E-state index in [1.54, 1.807) is 13.8 Å². The van der Waals surface area contributed by atoms with Gasteiger partial charge in [-0.15, -0.1) is 0 Å². The summed E-state index contributed by atoms with van der Waals surface area (Å²) in [5.74, 6) is 0.761. The fraction of sp³-hybridized carbons (Fsp3) is 0.611. The third kappa shape index (κ3) is 6.10. The summed E-state index contributed by atoms with van der Waals surface area (Å²) in [7, 11) is 0. The van der Waals surface area contributed by atoms with Crippen LogP contribution in [-0.2, 0) is 11.3 Å². The second-order valence-corrected chi connectivity index (χ2v) is 6.14. The van der Waals surface area contributed by atoms with Gasteiger partial charge in [-0.2, -0.15) is 0 Å². The minimum absolute atomic E-state index is 0.568. The van der Waals surface area contributed by atoms with Gasteiger partial charge >= 0.3 is 5.97 Å². The third-order valence-corrected chi connectivity index (χ3v) is 3.63. The molecule has 0 spiro atoms. The van der Waals surface area contributed by atoms with E-state index in [9.17, 15) is 4.79 Å². The Balaban J connectivity index is 2.68. The van der Waals surface area contributed by atoms with Crippen LogP contribution in [0.3, 0.4) is 0 Å². The molecule has 1 rings (SSSR count). The molecule has 0 aliphatic rings. The van der Waals surface area contributed by atoms with Crippen molar-refractivity contribution in [1.82, 2.24) is 5.32 Å². The van der Waals surface area contributed by atoms with Crippen molar-refractivity contribution in [3.63, 3.8) is 0 Å². The van der Waals surface area contributed by atoms with Gasteiger partial charge in [0.05, 0.1) is 18.6 Å². The number of ether oxygens (including phenoxy) is 2. The average Bonchev–Trinajstić information content (AvgIpc) is 2.51. The molecule has 0 amide bonds. The van der Waals surface area contributed by atoms with Gasteiger partial charge in [0.2, 0.25) is 0 Å². The summed E-state index contributed by atoms with van der Waals surface area (Å²) in [5.41, 5.74) is 0.305. The first kappa shape index (κ1) is 19.3. The summed E-state index contributed by atoms with van der Waals surface area (Å²) in [5, 5.41) is 12.4. The van der Waals surface area contributed by atoms with E-state index >= 15 is 0 Å². The van der Waals surface area contributed by atoms with Crippen LogP contribution in [0.1, 0.15) is 46.1 Å². The highest BCUT2D eigenvalue weighted by Crippen LogP contribution is 2.31. The van der Waals surface area contributed by atoms with Crippen molar-refractivity contribution in [3.05, 3.63) is 23.8 Å². The first-order valence-corrected chi connectivity index (χ1v) is 8.24. The highest BCUT2D eigenvalue weighted by molar-refractivity contribution is 5.73. The lowest BCUT2D eigenvalue weighted by Gasteiger charge is -2.20. The van der Waals surface area contributed by atoms with Crippen molar-refractivity contribution in [1.29, 1.82) is 0 Å². The van der Waals surface area contributed by atoms with Crippen LogP contribution >= 0.6 is 0 Å². The van der Waals surface area contributed by atoms with Crippen molar-refractivity contribution in [2.75, 3.05) is 19.8 Å². The molecule has 23 heavy (non-hydrogen) atoms. The van der Waals surface area contributed by atoms with Gasteiger partial charge < -0.3 is 19.9 Å². The Morgan fingerprint density at radius 3 is 2.61 bits per heavy atom. The minimum atomic E-state index is -0.774. The second-order valence-electron chi connectivity index (χ2n) is 6.14. The van der Waals surface area contributed by atoms with Crippen molar-refractivity contribution in [3.8, 4) is 11.5 Å². The molecule has 0 saturated heterocycles. The van der Waals surface area contributed by atoms with Gasteiger partial charge in [0.25, 0.3) is 0 Å². The first-order chi connectivity index (χ1) is 10.9. The summed E-state index contributed by atoms with van der Waals surface area (Å²) in [6, 6.07) is 5.86. The molecule has 1 aromatic carbocycles. The zero-order valence-corrected chi connectivity index (χ0v) is 14.6. The molecular weight excluding hydrogens is 294 g/mol. The van der Waals surface area contributed by atoms with E-state index in [0.717, 1.165) is 23.5 Å². The maximum absolute atomic E-state index is 11.1. The summed E-state index contributed by atoms with van der Waals surface area (Å²) in [6.07, 6.45) is 1.50. The SMILES string of the molecule is CCCOc1c(CNCCC(C)(C)C(=O)O)cccc1OCC. The van der Waals surface area contributed by atoms with E-state index in [1.807, 2.05) is 25.1 Å². The normalized spacial score (nSPS) is 11.3. The Morgan fingerprint density at radius 1 is 1.26 bits per heavy atom. The molecule has 5 nitrogen and oxygen atoms in total.